The smallest absolute Gasteiger partial charge is 0.332 e. The van der Waals surface area contributed by atoms with Crippen molar-refractivity contribution in [2.24, 2.45) is 0 Å². The third kappa shape index (κ3) is 4.79. The van der Waals surface area contributed by atoms with Gasteiger partial charge in [-0.05, 0) is 42.5 Å². The van der Waals surface area contributed by atoms with Crippen molar-refractivity contribution in [3.63, 3.8) is 0 Å². The van der Waals surface area contributed by atoms with Crippen molar-refractivity contribution in [2.45, 2.75) is 0 Å². The monoisotopic (exact) mass is 467 g/mol. The molecule has 0 saturated carbocycles. The Morgan fingerprint density at radius 1 is 1.00 bits per heavy atom. The molecule has 0 aliphatic heterocycles. The van der Waals surface area contributed by atoms with E-state index in [1.165, 1.54) is 36.0 Å². The molecule has 3 rings (SSSR count). The van der Waals surface area contributed by atoms with Crippen molar-refractivity contribution in [3.8, 4) is 5.69 Å². The van der Waals surface area contributed by atoms with Crippen LogP contribution in [-0.4, -0.2) is 23.4 Å². The minimum absolute atomic E-state index is 0.125. The zero-order chi connectivity index (χ0) is 21.1. The van der Waals surface area contributed by atoms with Crippen molar-refractivity contribution < 1.29 is 14.3 Å². The number of ketones is 1. The number of carbonyl (C=O) groups excluding carboxylic acids is 2. The molecule has 0 fully saturated rings. The first-order valence-electron chi connectivity index (χ1n) is 8.08. The Morgan fingerprint density at radius 3 is 2.31 bits per heavy atom. The number of rotatable bonds is 4. The number of aromatic nitrogens is 1. The van der Waals surface area contributed by atoms with Gasteiger partial charge in [-0.2, -0.15) is 0 Å². The quantitative estimate of drug-likeness (QED) is 0.434. The molecule has 0 aliphatic rings. The van der Waals surface area contributed by atoms with Crippen LogP contribution in [-0.2, 0) is 9.53 Å². The predicted molar refractivity (Wildman–Crippen MR) is 116 cm³/mol. The summed E-state index contributed by atoms with van der Waals surface area (Å²) in [7, 11) is 1.21. The Morgan fingerprint density at radius 2 is 1.69 bits per heavy atom. The number of ether oxygens (including phenoxy) is 1. The molecule has 148 valence electrons. The van der Waals surface area contributed by atoms with Crippen LogP contribution in [0.5, 0.6) is 0 Å². The van der Waals surface area contributed by atoms with E-state index in [4.69, 9.17) is 34.8 Å². The van der Waals surface area contributed by atoms with Crippen molar-refractivity contribution >= 4 is 70.0 Å². The normalized spacial score (nSPS) is 12.3. The number of Topliss-reactive ketones (excluding diaryl/α,β-unsaturated/α-hetero) is 1. The Balaban J connectivity index is 2.23. The molecule has 0 N–H and O–H groups in total. The highest BCUT2D eigenvalue weighted by molar-refractivity contribution is 7.07. The molecule has 3 aromatic rings. The van der Waals surface area contributed by atoms with Gasteiger partial charge < -0.3 is 4.74 Å². The van der Waals surface area contributed by atoms with Gasteiger partial charge in [0.25, 0.3) is 5.56 Å². The fourth-order valence-electron chi connectivity index (χ4n) is 2.44. The van der Waals surface area contributed by atoms with Crippen LogP contribution in [0.2, 0.25) is 15.1 Å². The number of methoxy groups -OCH3 is 1. The summed E-state index contributed by atoms with van der Waals surface area (Å²) in [5.41, 5.74) is 0.339. The SMILES string of the molecule is COC(=O)/C=c1/s/c(=C/C(=O)c2ccc(Cl)c(Cl)c2)n(-c2ccc(Cl)cc2)c1=O. The number of halogens is 3. The number of carbonyl (C=O) groups is 2. The third-order valence-corrected chi connectivity index (χ3v) is 5.86. The molecule has 9 heteroatoms. The van der Waals surface area contributed by atoms with Crippen molar-refractivity contribution in [1.82, 2.24) is 4.57 Å². The first-order chi connectivity index (χ1) is 13.8. The fraction of sp³-hybridized carbons (Fsp3) is 0.0500. The predicted octanol–water partition coefficient (Wildman–Crippen LogP) is 3.48. The number of benzene rings is 2. The number of hydrogen-bond donors (Lipinski definition) is 0. The lowest BCUT2D eigenvalue weighted by Gasteiger charge is -2.03. The molecule has 0 spiro atoms. The van der Waals surface area contributed by atoms with Crippen LogP contribution >= 0.6 is 46.1 Å². The zero-order valence-electron chi connectivity index (χ0n) is 14.8. The van der Waals surface area contributed by atoms with E-state index in [0.29, 0.717) is 26.0 Å². The average Bonchev–Trinajstić information content (AvgIpc) is 2.99. The molecule has 0 atom stereocenters. The number of hydrogen-bond acceptors (Lipinski definition) is 5. The largest absolute Gasteiger partial charge is 0.466 e. The maximum Gasteiger partial charge on any atom is 0.332 e. The van der Waals surface area contributed by atoms with E-state index >= 15 is 0 Å². The zero-order valence-corrected chi connectivity index (χ0v) is 17.9. The Bertz CT molecular complexity index is 1280. The summed E-state index contributed by atoms with van der Waals surface area (Å²) in [5.74, 6) is -1.05. The molecular weight excluding hydrogens is 457 g/mol. The number of nitrogens with zero attached hydrogens (tertiary/aromatic N) is 1. The van der Waals surface area contributed by atoms with E-state index in [1.807, 2.05) is 0 Å². The first-order valence-corrected chi connectivity index (χ1v) is 10.0. The molecule has 0 amide bonds. The minimum Gasteiger partial charge on any atom is -0.466 e. The summed E-state index contributed by atoms with van der Waals surface area (Å²) < 4.78 is 6.37. The van der Waals surface area contributed by atoms with Gasteiger partial charge in [0.05, 0.1) is 22.8 Å². The summed E-state index contributed by atoms with van der Waals surface area (Å²) in [6.45, 7) is 0. The summed E-state index contributed by atoms with van der Waals surface area (Å²) >= 11 is 18.8. The van der Waals surface area contributed by atoms with Crippen LogP contribution in [0.4, 0.5) is 0 Å². The van der Waals surface area contributed by atoms with Gasteiger partial charge >= 0.3 is 5.97 Å². The van der Waals surface area contributed by atoms with Crippen LogP contribution in [0.1, 0.15) is 10.4 Å². The second-order valence-electron chi connectivity index (χ2n) is 5.73. The van der Waals surface area contributed by atoms with E-state index in [0.717, 1.165) is 17.4 Å². The van der Waals surface area contributed by atoms with Gasteiger partial charge in [0.1, 0.15) is 9.20 Å². The average molecular weight is 469 g/mol. The van der Waals surface area contributed by atoms with Gasteiger partial charge in [-0.1, -0.05) is 34.8 Å². The van der Waals surface area contributed by atoms with Gasteiger partial charge in [-0.15, -0.1) is 11.3 Å². The topological polar surface area (TPSA) is 65.4 Å². The Hall–Kier alpha value is -2.38. The van der Waals surface area contributed by atoms with Crippen molar-refractivity contribution in [2.75, 3.05) is 7.11 Å². The molecule has 0 bridgehead atoms. The fourth-order valence-corrected chi connectivity index (χ4v) is 3.87. The second kappa shape index (κ2) is 8.97. The molecule has 0 unspecified atom stereocenters. The molecule has 1 heterocycles. The highest BCUT2D eigenvalue weighted by Gasteiger charge is 2.12. The lowest BCUT2D eigenvalue weighted by molar-refractivity contribution is -0.133. The number of esters is 1. The van der Waals surface area contributed by atoms with Crippen molar-refractivity contribution in [3.05, 3.63) is 82.6 Å². The highest BCUT2D eigenvalue weighted by atomic mass is 35.5. The van der Waals surface area contributed by atoms with Gasteiger partial charge in [-0.3, -0.25) is 14.2 Å². The van der Waals surface area contributed by atoms with E-state index in [1.54, 1.807) is 24.3 Å². The van der Waals surface area contributed by atoms with Crippen LogP contribution < -0.4 is 14.8 Å². The molecular formula is C20H12Cl3NO4S. The Labute approximate surface area is 184 Å². The molecule has 29 heavy (non-hydrogen) atoms. The maximum absolute atomic E-state index is 12.9. The van der Waals surface area contributed by atoms with Crippen LogP contribution in [0.3, 0.4) is 0 Å². The molecule has 5 nitrogen and oxygen atoms in total. The van der Waals surface area contributed by atoms with Gasteiger partial charge in [0.15, 0.2) is 5.78 Å². The number of thiazole rings is 1. The third-order valence-electron chi connectivity index (χ3n) is 3.84. The molecule has 0 aliphatic carbocycles. The summed E-state index contributed by atoms with van der Waals surface area (Å²) in [4.78, 5) is 37.2. The van der Waals surface area contributed by atoms with Crippen LogP contribution in [0.25, 0.3) is 17.8 Å². The van der Waals surface area contributed by atoms with E-state index in [2.05, 4.69) is 4.74 Å². The summed E-state index contributed by atoms with van der Waals surface area (Å²) in [5, 5.41) is 1.06. The van der Waals surface area contributed by atoms with E-state index < -0.39 is 11.5 Å². The first kappa shape index (κ1) is 21.3. The van der Waals surface area contributed by atoms with Crippen molar-refractivity contribution in [1.29, 1.82) is 0 Å². The molecule has 2 aromatic carbocycles. The lowest BCUT2D eigenvalue weighted by atomic mass is 10.1. The molecule has 0 saturated heterocycles. The molecule has 0 radical (unpaired) electrons. The van der Waals surface area contributed by atoms with Gasteiger partial charge in [-0.25, -0.2) is 4.79 Å². The van der Waals surface area contributed by atoms with Crippen LogP contribution in [0.15, 0.2) is 47.3 Å². The van der Waals surface area contributed by atoms with Crippen LogP contribution in [0, 0.1) is 0 Å². The highest BCUT2D eigenvalue weighted by Crippen LogP contribution is 2.23. The minimum atomic E-state index is -0.672. The standard InChI is InChI=1S/C20H12Cl3NO4S/c1-28-19(26)10-17-20(27)24(13-5-3-12(21)4-6-13)18(29-17)9-16(25)11-2-7-14(22)15(23)8-11/h2-10H,1H3/b17-10+,18-9+. The van der Waals surface area contributed by atoms with Gasteiger partial charge in [0.2, 0.25) is 0 Å². The lowest BCUT2D eigenvalue weighted by Crippen LogP contribution is -2.30. The van der Waals surface area contributed by atoms with E-state index in [-0.39, 0.29) is 15.3 Å². The molecule has 1 aromatic heterocycles. The summed E-state index contributed by atoms with van der Waals surface area (Å²) in [6, 6.07) is 11.0. The van der Waals surface area contributed by atoms with E-state index in [9.17, 15) is 14.4 Å². The Kier molecular flexibility index (Phi) is 6.59. The summed E-state index contributed by atoms with van der Waals surface area (Å²) in [6.07, 6.45) is 2.38. The maximum atomic E-state index is 12.9. The van der Waals surface area contributed by atoms with Gasteiger partial charge in [0, 0.05) is 22.7 Å². The second-order valence-corrected chi connectivity index (χ2v) is 8.04.